The van der Waals surface area contributed by atoms with Crippen LogP contribution in [0.4, 0.5) is 5.82 Å². The third-order valence-corrected chi connectivity index (χ3v) is 4.03. The molecule has 0 fully saturated rings. The van der Waals surface area contributed by atoms with Crippen LogP contribution in [0.15, 0.2) is 30.5 Å². The number of aromatic nitrogens is 4. The molecule has 0 amide bonds. The first kappa shape index (κ1) is 16.2. The fraction of sp³-hybridized carbons (Fsp3) is 0.389. The van der Waals surface area contributed by atoms with Gasteiger partial charge in [0, 0.05) is 19.2 Å². The second kappa shape index (κ2) is 6.86. The summed E-state index contributed by atoms with van der Waals surface area (Å²) in [7, 11) is 1.88. The van der Waals surface area contributed by atoms with E-state index in [0.29, 0.717) is 6.54 Å². The van der Waals surface area contributed by atoms with Gasteiger partial charge >= 0.3 is 0 Å². The summed E-state index contributed by atoms with van der Waals surface area (Å²) < 4.78 is 7.77. The first-order valence-electron chi connectivity index (χ1n) is 8.23. The highest BCUT2D eigenvalue weighted by atomic mass is 16.5. The molecule has 6 heteroatoms. The highest BCUT2D eigenvalue weighted by Crippen LogP contribution is 2.24. The van der Waals surface area contributed by atoms with E-state index < -0.39 is 0 Å². The summed E-state index contributed by atoms with van der Waals surface area (Å²) in [5.74, 6) is 2.43. The van der Waals surface area contributed by atoms with Crippen LogP contribution in [-0.4, -0.2) is 25.9 Å². The first-order valence-corrected chi connectivity index (χ1v) is 8.23. The zero-order valence-corrected chi connectivity index (χ0v) is 14.6. The average molecular weight is 325 g/mol. The Hall–Kier alpha value is -2.63. The van der Waals surface area contributed by atoms with E-state index in [9.17, 15) is 0 Å². The topological polar surface area (TPSA) is 64.9 Å². The second-order valence-corrected chi connectivity index (χ2v) is 5.92. The molecule has 126 valence electrons. The highest BCUT2D eigenvalue weighted by Gasteiger charge is 2.11. The van der Waals surface area contributed by atoms with Gasteiger partial charge in [-0.1, -0.05) is 25.1 Å². The zero-order chi connectivity index (χ0) is 17.1. The first-order chi connectivity index (χ1) is 11.6. The minimum absolute atomic E-state index is 0.192. The van der Waals surface area contributed by atoms with Gasteiger partial charge in [0.15, 0.2) is 5.65 Å². The molecule has 0 radical (unpaired) electrons. The van der Waals surface area contributed by atoms with E-state index in [0.717, 1.165) is 40.4 Å². The Balaban J connectivity index is 1.84. The van der Waals surface area contributed by atoms with E-state index in [1.54, 1.807) is 10.9 Å². The number of aryl methyl sites for hydroxylation is 2. The Labute approximate surface area is 141 Å². The van der Waals surface area contributed by atoms with Crippen LogP contribution < -0.4 is 10.1 Å². The van der Waals surface area contributed by atoms with Gasteiger partial charge in [-0.05, 0) is 26.3 Å². The molecule has 3 rings (SSSR count). The number of hydrogen-bond acceptors (Lipinski definition) is 5. The van der Waals surface area contributed by atoms with Crippen LogP contribution in [-0.2, 0) is 13.6 Å². The Bertz CT molecular complexity index is 843. The number of hydrogen-bond donors (Lipinski definition) is 1. The highest BCUT2D eigenvalue weighted by molar-refractivity contribution is 5.86. The van der Waals surface area contributed by atoms with Gasteiger partial charge in [-0.3, -0.25) is 4.68 Å². The van der Waals surface area contributed by atoms with E-state index in [2.05, 4.69) is 40.3 Å². The van der Waals surface area contributed by atoms with E-state index in [4.69, 9.17) is 4.74 Å². The van der Waals surface area contributed by atoms with E-state index in [-0.39, 0.29) is 6.10 Å². The quantitative estimate of drug-likeness (QED) is 0.752. The molecule has 1 aromatic carbocycles. The van der Waals surface area contributed by atoms with Crippen LogP contribution in [0.1, 0.15) is 31.7 Å². The van der Waals surface area contributed by atoms with Crippen molar-refractivity contribution in [3.05, 3.63) is 41.9 Å². The molecule has 2 aromatic heterocycles. The van der Waals surface area contributed by atoms with Crippen molar-refractivity contribution in [1.82, 2.24) is 19.7 Å². The van der Waals surface area contributed by atoms with Gasteiger partial charge in [0.2, 0.25) is 0 Å². The van der Waals surface area contributed by atoms with Gasteiger partial charge < -0.3 is 10.1 Å². The van der Waals surface area contributed by atoms with E-state index in [1.807, 2.05) is 32.2 Å². The molecule has 6 nitrogen and oxygen atoms in total. The van der Waals surface area contributed by atoms with Crippen molar-refractivity contribution < 1.29 is 4.74 Å². The Morgan fingerprint density at radius 3 is 2.83 bits per heavy atom. The van der Waals surface area contributed by atoms with Crippen LogP contribution in [0.3, 0.4) is 0 Å². The minimum atomic E-state index is 0.192. The fourth-order valence-corrected chi connectivity index (χ4v) is 2.51. The molecule has 24 heavy (non-hydrogen) atoms. The Morgan fingerprint density at radius 2 is 2.04 bits per heavy atom. The summed E-state index contributed by atoms with van der Waals surface area (Å²) >= 11 is 0. The van der Waals surface area contributed by atoms with Gasteiger partial charge in [-0.25, -0.2) is 9.97 Å². The van der Waals surface area contributed by atoms with Crippen LogP contribution in [0, 0.1) is 6.92 Å². The van der Waals surface area contributed by atoms with Gasteiger partial charge in [0.25, 0.3) is 0 Å². The maximum atomic E-state index is 6.01. The monoisotopic (exact) mass is 325 g/mol. The van der Waals surface area contributed by atoms with Gasteiger partial charge in [0.1, 0.15) is 17.4 Å². The smallest absolute Gasteiger partial charge is 0.163 e. The molecule has 1 atom stereocenters. The third-order valence-electron chi connectivity index (χ3n) is 4.03. The minimum Gasteiger partial charge on any atom is -0.490 e. The molecule has 0 aliphatic rings. The van der Waals surface area contributed by atoms with Crippen LogP contribution in [0.25, 0.3) is 11.0 Å². The number of ether oxygens (including phenoxy) is 1. The van der Waals surface area contributed by atoms with Crippen molar-refractivity contribution in [2.75, 3.05) is 5.32 Å². The molecule has 0 unspecified atom stereocenters. The van der Waals surface area contributed by atoms with Crippen LogP contribution in [0.2, 0.25) is 0 Å². The van der Waals surface area contributed by atoms with Crippen molar-refractivity contribution in [2.45, 2.75) is 39.8 Å². The predicted molar refractivity (Wildman–Crippen MR) is 95.2 cm³/mol. The van der Waals surface area contributed by atoms with Gasteiger partial charge in [-0.2, -0.15) is 5.10 Å². The molecule has 3 aromatic rings. The molecule has 2 heterocycles. The third kappa shape index (κ3) is 3.32. The lowest BCUT2D eigenvalue weighted by molar-refractivity contribution is 0.215. The average Bonchev–Trinajstić information content (AvgIpc) is 2.95. The number of benzene rings is 1. The zero-order valence-electron chi connectivity index (χ0n) is 14.6. The summed E-state index contributed by atoms with van der Waals surface area (Å²) in [4.78, 5) is 8.96. The molecule has 0 spiro atoms. The molecule has 0 aliphatic carbocycles. The lowest BCUT2D eigenvalue weighted by Crippen LogP contribution is -2.12. The Morgan fingerprint density at radius 1 is 1.25 bits per heavy atom. The van der Waals surface area contributed by atoms with Crippen molar-refractivity contribution in [3.63, 3.8) is 0 Å². The number of nitrogens with one attached hydrogen (secondary N) is 1. The molecular weight excluding hydrogens is 302 g/mol. The molecule has 0 bridgehead atoms. The van der Waals surface area contributed by atoms with Crippen molar-refractivity contribution in [3.8, 4) is 5.75 Å². The van der Waals surface area contributed by atoms with Crippen LogP contribution >= 0.6 is 0 Å². The van der Waals surface area contributed by atoms with Crippen molar-refractivity contribution in [1.29, 1.82) is 0 Å². The maximum absolute atomic E-state index is 6.01. The summed E-state index contributed by atoms with van der Waals surface area (Å²) in [5, 5.41) is 8.60. The molecule has 0 saturated carbocycles. The molecular formula is C18H23N5O. The largest absolute Gasteiger partial charge is 0.490 e. The van der Waals surface area contributed by atoms with E-state index in [1.165, 1.54) is 0 Å². The molecule has 0 saturated heterocycles. The summed E-state index contributed by atoms with van der Waals surface area (Å²) in [5.41, 5.74) is 1.93. The van der Waals surface area contributed by atoms with Crippen LogP contribution in [0.5, 0.6) is 5.75 Å². The maximum Gasteiger partial charge on any atom is 0.163 e. The fourth-order valence-electron chi connectivity index (χ4n) is 2.51. The van der Waals surface area contributed by atoms with E-state index >= 15 is 0 Å². The lowest BCUT2D eigenvalue weighted by atomic mass is 10.2. The number of fused-ring (bicyclic) bond motifs is 1. The lowest BCUT2D eigenvalue weighted by Gasteiger charge is -2.16. The van der Waals surface area contributed by atoms with Gasteiger partial charge in [-0.15, -0.1) is 0 Å². The normalized spacial score (nSPS) is 12.3. The molecule has 1 N–H and O–H groups in total. The summed E-state index contributed by atoms with van der Waals surface area (Å²) in [6, 6.07) is 8.09. The SMILES string of the molecule is CC[C@@H](C)Oc1ccccc1CNc1nc(C)nc2c1cnn2C. The summed E-state index contributed by atoms with van der Waals surface area (Å²) in [6.45, 7) is 6.72. The Kier molecular flexibility index (Phi) is 4.64. The molecule has 0 aliphatic heterocycles. The number of nitrogens with zero attached hydrogens (tertiary/aromatic N) is 4. The number of anilines is 1. The second-order valence-electron chi connectivity index (χ2n) is 5.92. The standard InChI is InChI=1S/C18H23N5O/c1-5-12(2)24-16-9-7-6-8-14(16)10-19-17-15-11-20-23(4)18(15)22-13(3)21-17/h6-9,11-12H,5,10H2,1-4H3,(H,19,21,22)/t12-/m1/s1. The predicted octanol–water partition coefficient (Wildman–Crippen LogP) is 3.46. The van der Waals surface area contributed by atoms with Crippen molar-refractivity contribution in [2.24, 2.45) is 7.05 Å². The number of rotatable bonds is 6. The summed E-state index contributed by atoms with van der Waals surface area (Å²) in [6.07, 6.45) is 2.96. The number of para-hydroxylation sites is 1. The van der Waals surface area contributed by atoms with Crippen molar-refractivity contribution >= 4 is 16.9 Å². The van der Waals surface area contributed by atoms with Gasteiger partial charge in [0.05, 0.1) is 17.7 Å².